The molecule has 0 saturated carbocycles. The quantitative estimate of drug-likeness (QED) is 0.695. The van der Waals surface area contributed by atoms with Gasteiger partial charge in [-0.15, -0.1) is 0 Å². The summed E-state index contributed by atoms with van der Waals surface area (Å²) in [5, 5.41) is 11.8. The van der Waals surface area contributed by atoms with Crippen LogP contribution in [0.2, 0.25) is 5.02 Å². The number of ether oxygens (including phenoxy) is 1. The molecule has 0 heterocycles. The van der Waals surface area contributed by atoms with Crippen molar-refractivity contribution in [3.8, 4) is 11.8 Å². The molecule has 0 spiro atoms. The lowest BCUT2D eigenvalue weighted by atomic mass is 10.2. The lowest BCUT2D eigenvalue weighted by Gasteiger charge is -2.08. The number of nitrogens with one attached hydrogen (secondary N) is 1. The van der Waals surface area contributed by atoms with Crippen molar-refractivity contribution < 1.29 is 17.9 Å². The number of hydrogen-bond donors (Lipinski definition) is 1. The largest absolute Gasteiger partial charge is 0.492 e. The van der Waals surface area contributed by atoms with Gasteiger partial charge in [0.2, 0.25) is 5.91 Å². The van der Waals surface area contributed by atoms with E-state index in [1.807, 2.05) is 6.07 Å². The normalized spacial score (nSPS) is 10.8. The monoisotopic (exact) mass is 392 g/mol. The Balaban J connectivity index is 1.76. The van der Waals surface area contributed by atoms with Crippen LogP contribution in [0.4, 0.5) is 0 Å². The van der Waals surface area contributed by atoms with Crippen LogP contribution in [0.5, 0.6) is 5.75 Å². The zero-order chi connectivity index (χ0) is 19.0. The highest BCUT2D eigenvalue weighted by molar-refractivity contribution is 7.91. The summed E-state index contributed by atoms with van der Waals surface area (Å²) in [6, 6.07) is 15.0. The number of carbonyl (C=O) groups is 1. The van der Waals surface area contributed by atoms with E-state index in [9.17, 15) is 13.2 Å². The van der Waals surface area contributed by atoms with Gasteiger partial charge in [-0.1, -0.05) is 29.8 Å². The molecule has 0 aliphatic carbocycles. The molecule has 1 amide bonds. The second kappa shape index (κ2) is 9.22. The molecule has 0 radical (unpaired) electrons. The van der Waals surface area contributed by atoms with Crippen molar-refractivity contribution in [2.45, 2.75) is 5.75 Å². The van der Waals surface area contributed by atoms with E-state index in [1.54, 1.807) is 36.4 Å². The number of rotatable bonds is 8. The Morgan fingerprint density at radius 1 is 1.19 bits per heavy atom. The molecule has 0 aromatic heterocycles. The van der Waals surface area contributed by atoms with E-state index in [1.165, 1.54) is 12.1 Å². The van der Waals surface area contributed by atoms with Crippen molar-refractivity contribution in [3.05, 3.63) is 64.7 Å². The maximum absolute atomic E-state index is 12.1. The Hall–Kier alpha value is -2.56. The third-order valence-corrected chi connectivity index (χ3v) is 5.02. The highest BCUT2D eigenvalue weighted by Gasteiger charge is 2.17. The summed E-state index contributed by atoms with van der Waals surface area (Å²) < 4.78 is 29.6. The maximum Gasteiger partial charge on any atom is 0.235 e. The van der Waals surface area contributed by atoms with Gasteiger partial charge in [0.1, 0.15) is 18.1 Å². The number of benzene rings is 2. The zero-order valence-corrected chi connectivity index (χ0v) is 15.4. The molecule has 2 aromatic rings. The molecule has 0 aliphatic rings. The second-order valence-electron chi connectivity index (χ2n) is 5.50. The Kier molecular flexibility index (Phi) is 7.01. The lowest BCUT2D eigenvalue weighted by molar-refractivity contribution is -0.118. The van der Waals surface area contributed by atoms with Crippen LogP contribution in [-0.4, -0.2) is 33.2 Å². The molecule has 1 N–H and O–H groups in total. The first-order valence-corrected chi connectivity index (χ1v) is 9.92. The number of hydrogen-bond acceptors (Lipinski definition) is 5. The van der Waals surface area contributed by atoms with Crippen molar-refractivity contribution >= 4 is 27.3 Å². The molecule has 8 heteroatoms. The van der Waals surface area contributed by atoms with Crippen LogP contribution in [0.25, 0.3) is 0 Å². The van der Waals surface area contributed by atoms with Crippen molar-refractivity contribution in [1.29, 1.82) is 5.26 Å². The molecule has 0 bridgehead atoms. The summed E-state index contributed by atoms with van der Waals surface area (Å²) in [5.74, 6) is -0.886. The highest BCUT2D eigenvalue weighted by Crippen LogP contribution is 2.16. The first kappa shape index (κ1) is 19.8. The van der Waals surface area contributed by atoms with Crippen molar-refractivity contribution in [2.24, 2.45) is 0 Å². The van der Waals surface area contributed by atoms with Crippen LogP contribution in [0, 0.1) is 11.3 Å². The first-order valence-electron chi connectivity index (χ1n) is 7.72. The number of nitrogens with zero attached hydrogens (tertiary/aromatic N) is 1. The van der Waals surface area contributed by atoms with Crippen LogP contribution in [-0.2, 0) is 20.4 Å². The molecular weight excluding hydrogens is 376 g/mol. The molecule has 136 valence electrons. The number of halogens is 1. The standard InChI is InChI=1S/C18H17ClN2O4S/c19-16-2-1-3-17(10-16)25-9-8-21-18(22)13-26(23,24)12-15-6-4-14(11-20)5-7-15/h1-7,10H,8-9,12-13H2,(H,21,22). The minimum absolute atomic E-state index is 0.178. The summed E-state index contributed by atoms with van der Waals surface area (Å²) in [5.41, 5.74) is 0.977. The number of nitriles is 1. The predicted octanol–water partition coefficient (Wildman–Crippen LogP) is 2.32. The summed E-state index contributed by atoms with van der Waals surface area (Å²) in [4.78, 5) is 11.8. The summed E-state index contributed by atoms with van der Waals surface area (Å²) in [7, 11) is -3.60. The third-order valence-electron chi connectivity index (χ3n) is 3.31. The third kappa shape index (κ3) is 6.75. The summed E-state index contributed by atoms with van der Waals surface area (Å²) in [6.45, 7) is 0.374. The summed E-state index contributed by atoms with van der Waals surface area (Å²) >= 11 is 5.83. The number of sulfone groups is 1. The number of amides is 1. The summed E-state index contributed by atoms with van der Waals surface area (Å²) in [6.07, 6.45) is 0. The Bertz CT molecular complexity index is 906. The molecule has 6 nitrogen and oxygen atoms in total. The van der Waals surface area contributed by atoms with Gasteiger partial charge in [-0.25, -0.2) is 8.42 Å². The molecule has 26 heavy (non-hydrogen) atoms. The van der Waals surface area contributed by atoms with Gasteiger partial charge in [0.05, 0.1) is 23.9 Å². The van der Waals surface area contributed by atoms with Crippen LogP contribution in [0.15, 0.2) is 48.5 Å². The van der Waals surface area contributed by atoms with Gasteiger partial charge in [-0.3, -0.25) is 4.79 Å². The van der Waals surface area contributed by atoms with Gasteiger partial charge in [0.25, 0.3) is 0 Å². The van der Waals surface area contributed by atoms with E-state index >= 15 is 0 Å². The van der Waals surface area contributed by atoms with E-state index in [2.05, 4.69) is 5.32 Å². The molecular formula is C18H17ClN2O4S. The molecule has 0 unspecified atom stereocenters. The van der Waals surface area contributed by atoms with Crippen LogP contribution < -0.4 is 10.1 Å². The van der Waals surface area contributed by atoms with Crippen LogP contribution in [0.3, 0.4) is 0 Å². The Morgan fingerprint density at radius 2 is 1.92 bits per heavy atom. The highest BCUT2D eigenvalue weighted by atomic mass is 35.5. The van der Waals surface area contributed by atoms with E-state index in [4.69, 9.17) is 21.6 Å². The van der Waals surface area contributed by atoms with Gasteiger partial charge < -0.3 is 10.1 Å². The fourth-order valence-corrected chi connectivity index (χ4v) is 3.63. The average molecular weight is 393 g/mol. The SMILES string of the molecule is N#Cc1ccc(CS(=O)(=O)CC(=O)NCCOc2cccc(Cl)c2)cc1. The first-order chi connectivity index (χ1) is 12.4. The molecule has 0 atom stereocenters. The fraction of sp³-hybridized carbons (Fsp3) is 0.222. The lowest BCUT2D eigenvalue weighted by Crippen LogP contribution is -2.33. The maximum atomic E-state index is 12.1. The number of carbonyl (C=O) groups excluding carboxylic acids is 1. The average Bonchev–Trinajstić information content (AvgIpc) is 2.59. The van der Waals surface area contributed by atoms with Crippen molar-refractivity contribution in [2.75, 3.05) is 18.9 Å². The molecule has 0 aliphatic heterocycles. The van der Waals surface area contributed by atoms with Crippen molar-refractivity contribution in [1.82, 2.24) is 5.32 Å². The Labute approximate surface area is 157 Å². The van der Waals surface area contributed by atoms with Gasteiger partial charge in [0.15, 0.2) is 9.84 Å². The van der Waals surface area contributed by atoms with Crippen LogP contribution >= 0.6 is 11.6 Å². The topological polar surface area (TPSA) is 96.3 Å². The van der Waals surface area contributed by atoms with E-state index in [0.717, 1.165) is 0 Å². The van der Waals surface area contributed by atoms with Gasteiger partial charge in [-0.2, -0.15) is 5.26 Å². The minimum atomic E-state index is -3.60. The zero-order valence-electron chi connectivity index (χ0n) is 13.8. The van der Waals surface area contributed by atoms with E-state index in [-0.39, 0.29) is 18.9 Å². The van der Waals surface area contributed by atoms with Gasteiger partial charge in [-0.05, 0) is 35.9 Å². The molecule has 2 rings (SSSR count). The smallest absolute Gasteiger partial charge is 0.235 e. The van der Waals surface area contributed by atoms with E-state index in [0.29, 0.717) is 21.9 Å². The predicted molar refractivity (Wildman–Crippen MR) is 98.6 cm³/mol. The molecule has 0 saturated heterocycles. The van der Waals surface area contributed by atoms with E-state index < -0.39 is 21.5 Å². The molecule has 0 fully saturated rings. The second-order valence-corrected chi connectivity index (χ2v) is 8.00. The Morgan fingerprint density at radius 3 is 2.58 bits per heavy atom. The van der Waals surface area contributed by atoms with Crippen LogP contribution in [0.1, 0.15) is 11.1 Å². The fourth-order valence-electron chi connectivity index (χ4n) is 2.15. The van der Waals surface area contributed by atoms with Gasteiger partial charge >= 0.3 is 0 Å². The molecule has 2 aromatic carbocycles. The van der Waals surface area contributed by atoms with Crippen molar-refractivity contribution in [3.63, 3.8) is 0 Å². The minimum Gasteiger partial charge on any atom is -0.492 e. The van der Waals surface area contributed by atoms with Gasteiger partial charge in [0, 0.05) is 5.02 Å².